The molecule has 0 atom stereocenters. The van der Waals surface area contributed by atoms with Crippen molar-refractivity contribution in [2.75, 3.05) is 18.6 Å². The Morgan fingerprint density at radius 3 is 2.50 bits per heavy atom. The molecule has 0 spiro atoms. The predicted molar refractivity (Wildman–Crippen MR) is 131 cm³/mol. The first-order valence-corrected chi connectivity index (χ1v) is 12.2. The molecule has 4 rings (SSSR count). The number of carbonyl (C=O) groups is 2. The second-order valence-corrected chi connectivity index (χ2v) is 9.31. The summed E-state index contributed by atoms with van der Waals surface area (Å²) in [4.78, 5) is 26.5. The maximum atomic E-state index is 12.7. The van der Waals surface area contributed by atoms with Crippen molar-refractivity contribution in [1.29, 1.82) is 0 Å². The quantitative estimate of drug-likeness (QED) is 0.271. The second kappa shape index (κ2) is 11.1. The van der Waals surface area contributed by atoms with Gasteiger partial charge in [0.05, 0.1) is 12.7 Å². The van der Waals surface area contributed by atoms with Gasteiger partial charge in [0.2, 0.25) is 5.91 Å². The Morgan fingerprint density at radius 1 is 1.00 bits per heavy atom. The summed E-state index contributed by atoms with van der Waals surface area (Å²) in [5, 5.41) is 0. The van der Waals surface area contributed by atoms with Crippen LogP contribution in [0, 0.1) is 0 Å². The van der Waals surface area contributed by atoms with Gasteiger partial charge in [0.1, 0.15) is 18.9 Å². The molecule has 0 radical (unpaired) electrons. The third-order valence-electron chi connectivity index (χ3n) is 5.76. The molecule has 0 unspecified atom stereocenters. The second-order valence-electron chi connectivity index (χ2n) is 8.27. The highest BCUT2D eigenvalue weighted by Gasteiger charge is 2.30. The molecule has 0 bridgehead atoms. The van der Waals surface area contributed by atoms with E-state index in [-0.39, 0.29) is 19.1 Å². The molecule has 3 aromatic carbocycles. The molecule has 188 valence electrons. The van der Waals surface area contributed by atoms with E-state index in [4.69, 9.17) is 9.47 Å². The van der Waals surface area contributed by atoms with E-state index in [0.29, 0.717) is 29.9 Å². The Hall–Kier alpha value is -3.46. The first-order chi connectivity index (χ1) is 17.2. The average molecular weight is 516 g/mol. The summed E-state index contributed by atoms with van der Waals surface area (Å²) in [6.45, 7) is 0.0639. The van der Waals surface area contributed by atoms with Gasteiger partial charge in [-0.15, -0.1) is 11.8 Å². The van der Waals surface area contributed by atoms with Gasteiger partial charge < -0.3 is 14.4 Å². The molecule has 1 aliphatic rings. The number of benzene rings is 3. The summed E-state index contributed by atoms with van der Waals surface area (Å²) in [6.07, 6.45) is -3.40. The molecule has 0 N–H and O–H groups in total. The standard InChI is InChI=1S/C27H24F3NO4S/c1-34-26(33)15-31-24-11-10-23(14-20(24)7-12-25(31)32)36-17-19-3-2-4-22(13-19)35-16-18-5-8-21(9-6-18)27(28,29)30/h2-6,8-11,13-14H,7,12,15-17H2,1H3. The number of amides is 1. The van der Waals surface area contributed by atoms with Crippen LogP contribution in [0.3, 0.4) is 0 Å². The molecule has 9 heteroatoms. The third-order valence-corrected chi connectivity index (χ3v) is 6.82. The van der Waals surface area contributed by atoms with Gasteiger partial charge in [-0.2, -0.15) is 13.2 Å². The van der Waals surface area contributed by atoms with Crippen LogP contribution in [-0.4, -0.2) is 25.5 Å². The van der Waals surface area contributed by atoms with Crippen molar-refractivity contribution in [2.24, 2.45) is 0 Å². The number of halogens is 3. The molecule has 0 saturated heterocycles. The first-order valence-electron chi connectivity index (χ1n) is 11.2. The summed E-state index contributed by atoms with van der Waals surface area (Å²) >= 11 is 1.64. The number of hydrogen-bond donors (Lipinski definition) is 0. The van der Waals surface area contributed by atoms with Gasteiger partial charge in [0.15, 0.2) is 0 Å². The fraction of sp³-hybridized carbons (Fsp3) is 0.259. The molecule has 1 aliphatic heterocycles. The Bertz CT molecular complexity index is 1240. The Morgan fingerprint density at radius 2 is 1.78 bits per heavy atom. The number of hydrogen-bond acceptors (Lipinski definition) is 5. The Balaban J connectivity index is 1.36. The number of anilines is 1. The normalized spacial score (nSPS) is 13.3. The van der Waals surface area contributed by atoms with Crippen molar-refractivity contribution in [3.05, 3.63) is 89.0 Å². The minimum Gasteiger partial charge on any atom is -0.489 e. The zero-order valence-corrected chi connectivity index (χ0v) is 20.3. The van der Waals surface area contributed by atoms with Crippen LogP contribution in [0.4, 0.5) is 18.9 Å². The van der Waals surface area contributed by atoms with Crippen molar-refractivity contribution in [2.45, 2.75) is 36.3 Å². The van der Waals surface area contributed by atoms with E-state index in [1.165, 1.54) is 24.1 Å². The van der Waals surface area contributed by atoms with E-state index in [0.717, 1.165) is 33.8 Å². The minimum atomic E-state index is -4.36. The maximum Gasteiger partial charge on any atom is 0.416 e. The zero-order chi connectivity index (χ0) is 25.7. The van der Waals surface area contributed by atoms with Crippen LogP contribution in [0.2, 0.25) is 0 Å². The van der Waals surface area contributed by atoms with Crippen molar-refractivity contribution in [3.8, 4) is 5.75 Å². The molecular formula is C27H24F3NO4S. The van der Waals surface area contributed by atoms with E-state index in [1.54, 1.807) is 11.8 Å². The Kier molecular flexibility index (Phi) is 7.88. The molecule has 0 aromatic heterocycles. The van der Waals surface area contributed by atoms with Crippen LogP contribution in [0.1, 0.15) is 28.7 Å². The van der Waals surface area contributed by atoms with E-state index in [9.17, 15) is 22.8 Å². The molecule has 5 nitrogen and oxygen atoms in total. The topological polar surface area (TPSA) is 55.8 Å². The number of fused-ring (bicyclic) bond motifs is 1. The summed E-state index contributed by atoms with van der Waals surface area (Å²) in [6, 6.07) is 18.3. The predicted octanol–water partition coefficient (Wildman–Crippen LogP) is 6.03. The van der Waals surface area contributed by atoms with Gasteiger partial charge in [-0.3, -0.25) is 9.59 Å². The molecule has 3 aromatic rings. The SMILES string of the molecule is COC(=O)CN1C(=O)CCc2cc(SCc3cccc(OCc4ccc(C(F)(F)F)cc4)c3)ccc21. The number of aryl methyl sites for hydroxylation is 1. The number of alkyl halides is 3. The number of esters is 1. The number of rotatable bonds is 8. The highest BCUT2D eigenvalue weighted by Crippen LogP contribution is 2.33. The van der Waals surface area contributed by atoms with Gasteiger partial charge in [0.25, 0.3) is 0 Å². The maximum absolute atomic E-state index is 12.7. The van der Waals surface area contributed by atoms with Gasteiger partial charge in [0, 0.05) is 22.8 Å². The summed E-state index contributed by atoms with van der Waals surface area (Å²) < 4.78 is 48.6. The number of thioether (sulfide) groups is 1. The van der Waals surface area contributed by atoms with Crippen molar-refractivity contribution in [1.82, 2.24) is 0 Å². The van der Waals surface area contributed by atoms with Crippen LogP contribution in [0.25, 0.3) is 0 Å². The van der Waals surface area contributed by atoms with Crippen LogP contribution in [-0.2, 0) is 39.3 Å². The van der Waals surface area contributed by atoms with Crippen molar-refractivity contribution >= 4 is 29.3 Å². The van der Waals surface area contributed by atoms with Crippen molar-refractivity contribution in [3.63, 3.8) is 0 Å². The van der Waals surface area contributed by atoms with Crippen LogP contribution in [0.5, 0.6) is 5.75 Å². The molecular weight excluding hydrogens is 491 g/mol. The largest absolute Gasteiger partial charge is 0.489 e. The lowest BCUT2D eigenvalue weighted by Crippen LogP contribution is -2.39. The monoisotopic (exact) mass is 515 g/mol. The van der Waals surface area contributed by atoms with Crippen LogP contribution >= 0.6 is 11.8 Å². The molecule has 0 aliphatic carbocycles. The molecule has 1 amide bonds. The third kappa shape index (κ3) is 6.40. The number of methoxy groups -OCH3 is 1. The van der Waals surface area contributed by atoms with Crippen LogP contribution in [0.15, 0.2) is 71.6 Å². The lowest BCUT2D eigenvalue weighted by molar-refractivity contribution is -0.140. The van der Waals surface area contributed by atoms with E-state index < -0.39 is 17.7 Å². The summed E-state index contributed by atoms with van der Waals surface area (Å²) in [7, 11) is 1.30. The fourth-order valence-corrected chi connectivity index (χ4v) is 4.74. The number of ether oxygens (including phenoxy) is 2. The van der Waals surface area contributed by atoms with E-state index in [1.807, 2.05) is 42.5 Å². The average Bonchev–Trinajstić information content (AvgIpc) is 2.87. The highest BCUT2D eigenvalue weighted by atomic mass is 32.2. The Labute approximate surface area is 211 Å². The van der Waals surface area contributed by atoms with Gasteiger partial charge in [-0.1, -0.05) is 24.3 Å². The van der Waals surface area contributed by atoms with Gasteiger partial charge in [-0.25, -0.2) is 0 Å². The number of nitrogens with zero attached hydrogens (tertiary/aromatic N) is 1. The van der Waals surface area contributed by atoms with Crippen molar-refractivity contribution < 1.29 is 32.2 Å². The summed E-state index contributed by atoms with van der Waals surface area (Å²) in [5.41, 5.74) is 2.74. The first kappa shape index (κ1) is 25.6. The van der Waals surface area contributed by atoms with Gasteiger partial charge >= 0.3 is 12.1 Å². The van der Waals surface area contributed by atoms with Crippen LogP contribution < -0.4 is 9.64 Å². The lowest BCUT2D eigenvalue weighted by Gasteiger charge is -2.28. The molecule has 0 saturated carbocycles. The highest BCUT2D eigenvalue weighted by molar-refractivity contribution is 7.98. The molecule has 1 heterocycles. The van der Waals surface area contributed by atoms with E-state index in [2.05, 4.69) is 0 Å². The number of carbonyl (C=O) groups excluding carboxylic acids is 2. The minimum absolute atomic E-state index is 0.0959. The zero-order valence-electron chi connectivity index (χ0n) is 19.5. The fourth-order valence-electron chi connectivity index (χ4n) is 3.84. The van der Waals surface area contributed by atoms with Gasteiger partial charge in [-0.05, 0) is 65.6 Å². The smallest absolute Gasteiger partial charge is 0.416 e. The molecule has 0 fully saturated rings. The lowest BCUT2D eigenvalue weighted by atomic mass is 10.0. The summed E-state index contributed by atoms with van der Waals surface area (Å²) in [5.74, 6) is 0.757. The molecule has 36 heavy (non-hydrogen) atoms. The van der Waals surface area contributed by atoms with E-state index >= 15 is 0 Å².